The molecule has 2 N–H and O–H groups in total. The van der Waals surface area contributed by atoms with Crippen LogP contribution in [0.15, 0.2) is 48.5 Å². The highest BCUT2D eigenvalue weighted by Gasteiger charge is 2.25. The molecule has 2 aromatic carbocycles. The van der Waals surface area contributed by atoms with Gasteiger partial charge < -0.3 is 10.2 Å². The number of hydrogen-bond acceptors (Lipinski definition) is 3. The summed E-state index contributed by atoms with van der Waals surface area (Å²) in [4.78, 5) is 26.1. The lowest BCUT2D eigenvalue weighted by Crippen LogP contribution is -2.40. The molecule has 2 amide bonds. The molecule has 4 rings (SSSR count). The Bertz CT molecular complexity index is 1040. The van der Waals surface area contributed by atoms with Crippen molar-refractivity contribution < 1.29 is 18.4 Å². The Morgan fingerprint density at radius 2 is 1.86 bits per heavy atom. The van der Waals surface area contributed by atoms with Crippen molar-refractivity contribution in [1.82, 2.24) is 10.2 Å². The van der Waals surface area contributed by atoms with Crippen molar-refractivity contribution >= 4 is 23.3 Å². The fraction of sp³-hybridized carbons (Fsp3) is 0.150. The maximum absolute atomic E-state index is 13.4. The minimum absolute atomic E-state index is 0.119. The molecule has 8 heteroatoms. The number of halogens is 2. The Morgan fingerprint density at radius 3 is 2.64 bits per heavy atom. The minimum Gasteiger partial charge on any atom is -0.308 e. The van der Waals surface area contributed by atoms with Gasteiger partial charge in [-0.15, -0.1) is 0 Å². The van der Waals surface area contributed by atoms with Gasteiger partial charge in [0.15, 0.2) is 5.82 Å². The largest absolute Gasteiger partial charge is 0.308 e. The van der Waals surface area contributed by atoms with Crippen LogP contribution in [-0.2, 0) is 16.0 Å². The topological polar surface area (TPSA) is 78.1 Å². The molecule has 0 atom stereocenters. The molecule has 142 valence electrons. The average molecular weight is 382 g/mol. The monoisotopic (exact) mass is 382 g/mol. The van der Waals surface area contributed by atoms with E-state index in [-0.39, 0.29) is 23.8 Å². The van der Waals surface area contributed by atoms with Crippen molar-refractivity contribution in [2.45, 2.75) is 12.8 Å². The van der Waals surface area contributed by atoms with Crippen LogP contribution in [0.1, 0.15) is 12.0 Å². The van der Waals surface area contributed by atoms with E-state index in [1.54, 1.807) is 0 Å². The molecule has 0 saturated heterocycles. The average Bonchev–Trinajstić information content (AvgIpc) is 3.12. The summed E-state index contributed by atoms with van der Waals surface area (Å²) in [5.74, 6) is -1.77. The first-order valence-corrected chi connectivity index (χ1v) is 8.69. The quantitative estimate of drug-likeness (QED) is 0.727. The summed E-state index contributed by atoms with van der Waals surface area (Å²) in [7, 11) is 0. The van der Waals surface area contributed by atoms with Gasteiger partial charge in [0, 0.05) is 29.8 Å². The third-order valence-corrected chi connectivity index (χ3v) is 4.51. The molecule has 0 spiro atoms. The van der Waals surface area contributed by atoms with Gasteiger partial charge in [0.1, 0.15) is 18.2 Å². The summed E-state index contributed by atoms with van der Waals surface area (Å²) in [6.07, 6.45) is 1.00. The van der Waals surface area contributed by atoms with E-state index in [4.69, 9.17) is 0 Å². The molecule has 3 aromatic rings. The molecule has 1 aliphatic rings. The standard InChI is InChI=1S/C20H16F2N4O2/c21-14-7-13(8-15(22)9-14)16-10-18(25-24-16)23-19(27)11-26-17-4-2-1-3-12(17)5-6-20(26)28/h1-4,7-10H,5-6,11H2,(H2,23,24,25,27). The number of aryl methyl sites for hydroxylation is 1. The zero-order valence-electron chi connectivity index (χ0n) is 14.7. The number of para-hydroxylation sites is 1. The number of H-pyrrole nitrogens is 1. The molecule has 0 fully saturated rings. The van der Waals surface area contributed by atoms with E-state index in [1.807, 2.05) is 24.3 Å². The highest BCUT2D eigenvalue weighted by atomic mass is 19.1. The number of aromatic amines is 1. The molecule has 0 bridgehead atoms. The molecule has 1 aromatic heterocycles. The Kier molecular flexibility index (Phi) is 4.60. The van der Waals surface area contributed by atoms with Crippen LogP contribution < -0.4 is 10.2 Å². The SMILES string of the molecule is O=C(CN1C(=O)CCc2ccccc21)Nc1cc(-c2cc(F)cc(F)c2)[nH]n1. The van der Waals surface area contributed by atoms with Crippen molar-refractivity contribution in [2.75, 3.05) is 16.8 Å². The third-order valence-electron chi connectivity index (χ3n) is 4.51. The summed E-state index contributed by atoms with van der Waals surface area (Å²) in [5.41, 5.74) is 2.37. The number of carbonyl (C=O) groups excluding carboxylic acids is 2. The first-order valence-electron chi connectivity index (χ1n) is 8.69. The van der Waals surface area contributed by atoms with E-state index < -0.39 is 17.5 Å². The lowest BCUT2D eigenvalue weighted by Gasteiger charge is -2.28. The predicted molar refractivity (Wildman–Crippen MR) is 99.7 cm³/mol. The lowest BCUT2D eigenvalue weighted by molar-refractivity contribution is -0.121. The summed E-state index contributed by atoms with van der Waals surface area (Å²) >= 11 is 0. The van der Waals surface area contributed by atoms with Crippen LogP contribution >= 0.6 is 0 Å². The van der Waals surface area contributed by atoms with Gasteiger partial charge in [-0.25, -0.2) is 8.78 Å². The second-order valence-corrected chi connectivity index (χ2v) is 6.48. The summed E-state index contributed by atoms with van der Waals surface area (Å²) in [5, 5.41) is 9.17. The number of benzene rings is 2. The Morgan fingerprint density at radius 1 is 1.11 bits per heavy atom. The van der Waals surface area contributed by atoms with Crippen molar-refractivity contribution in [3.63, 3.8) is 0 Å². The maximum atomic E-state index is 13.4. The number of rotatable bonds is 4. The number of fused-ring (bicyclic) bond motifs is 1. The molecule has 6 nitrogen and oxygen atoms in total. The molecule has 0 unspecified atom stereocenters. The van der Waals surface area contributed by atoms with E-state index in [0.29, 0.717) is 18.5 Å². The number of hydrogen-bond donors (Lipinski definition) is 2. The minimum atomic E-state index is -0.711. The zero-order chi connectivity index (χ0) is 19.7. The highest BCUT2D eigenvalue weighted by molar-refractivity contribution is 6.04. The Labute approximate surface area is 159 Å². The molecule has 0 saturated carbocycles. The molecular weight excluding hydrogens is 366 g/mol. The van der Waals surface area contributed by atoms with E-state index in [0.717, 1.165) is 29.4 Å². The highest BCUT2D eigenvalue weighted by Crippen LogP contribution is 2.27. The van der Waals surface area contributed by atoms with Gasteiger partial charge in [-0.05, 0) is 30.2 Å². The van der Waals surface area contributed by atoms with Gasteiger partial charge in [0.2, 0.25) is 11.8 Å². The maximum Gasteiger partial charge on any atom is 0.245 e. The van der Waals surface area contributed by atoms with Crippen LogP contribution in [0.3, 0.4) is 0 Å². The number of carbonyl (C=O) groups is 2. The summed E-state index contributed by atoms with van der Waals surface area (Å²) in [6.45, 7) is -0.146. The van der Waals surface area contributed by atoms with Crippen LogP contribution in [0.2, 0.25) is 0 Å². The first-order chi connectivity index (χ1) is 13.5. The third kappa shape index (κ3) is 3.62. The fourth-order valence-corrected chi connectivity index (χ4v) is 3.24. The van der Waals surface area contributed by atoms with Crippen LogP contribution in [0.5, 0.6) is 0 Å². The lowest BCUT2D eigenvalue weighted by atomic mass is 10.0. The van der Waals surface area contributed by atoms with Crippen molar-refractivity contribution in [2.24, 2.45) is 0 Å². The summed E-state index contributed by atoms with van der Waals surface area (Å²) in [6, 6.07) is 12.0. The Hall–Kier alpha value is -3.55. The van der Waals surface area contributed by atoms with E-state index in [2.05, 4.69) is 15.5 Å². The number of aromatic nitrogens is 2. The van der Waals surface area contributed by atoms with Gasteiger partial charge >= 0.3 is 0 Å². The number of amides is 2. The van der Waals surface area contributed by atoms with Gasteiger partial charge in [-0.2, -0.15) is 5.10 Å². The van der Waals surface area contributed by atoms with Crippen molar-refractivity contribution in [3.05, 3.63) is 65.7 Å². The van der Waals surface area contributed by atoms with E-state index in [9.17, 15) is 18.4 Å². The summed E-state index contributed by atoms with van der Waals surface area (Å²) < 4.78 is 26.7. The van der Waals surface area contributed by atoms with Crippen molar-refractivity contribution in [1.29, 1.82) is 0 Å². The van der Waals surface area contributed by atoms with E-state index in [1.165, 1.54) is 11.0 Å². The second-order valence-electron chi connectivity index (χ2n) is 6.48. The predicted octanol–water partition coefficient (Wildman–Crippen LogP) is 3.27. The molecule has 1 aliphatic heterocycles. The number of nitrogens with one attached hydrogen (secondary N) is 2. The smallest absolute Gasteiger partial charge is 0.245 e. The van der Waals surface area contributed by atoms with Gasteiger partial charge in [0.05, 0.1) is 5.69 Å². The number of nitrogens with zero attached hydrogens (tertiary/aromatic N) is 2. The second kappa shape index (κ2) is 7.22. The Balaban J connectivity index is 1.48. The van der Waals surface area contributed by atoms with Crippen LogP contribution in [0.4, 0.5) is 20.3 Å². The number of anilines is 2. The van der Waals surface area contributed by atoms with Crippen LogP contribution in [0.25, 0.3) is 11.3 Å². The zero-order valence-corrected chi connectivity index (χ0v) is 14.7. The van der Waals surface area contributed by atoms with Crippen molar-refractivity contribution in [3.8, 4) is 11.3 Å². The van der Waals surface area contributed by atoms with Crippen LogP contribution in [0, 0.1) is 11.6 Å². The first kappa shape index (κ1) is 17.8. The normalized spacial score (nSPS) is 13.4. The van der Waals surface area contributed by atoms with E-state index >= 15 is 0 Å². The molecule has 28 heavy (non-hydrogen) atoms. The van der Waals surface area contributed by atoms with Gasteiger partial charge in [0.25, 0.3) is 0 Å². The fourth-order valence-electron chi connectivity index (χ4n) is 3.24. The van der Waals surface area contributed by atoms with Crippen LogP contribution in [-0.4, -0.2) is 28.6 Å². The molecule has 2 heterocycles. The van der Waals surface area contributed by atoms with Gasteiger partial charge in [-0.3, -0.25) is 14.7 Å². The van der Waals surface area contributed by atoms with Gasteiger partial charge in [-0.1, -0.05) is 18.2 Å². The molecule has 0 aliphatic carbocycles. The molecule has 0 radical (unpaired) electrons. The molecular formula is C20H16F2N4O2.